The van der Waals surface area contributed by atoms with Crippen molar-refractivity contribution in [2.75, 3.05) is 16.9 Å². The smallest absolute Gasteiger partial charge is 0.260 e. The lowest BCUT2D eigenvalue weighted by atomic mass is 10.2. The molecule has 0 saturated carbocycles. The Kier molecular flexibility index (Phi) is 5.70. The minimum absolute atomic E-state index is 0.271. The number of rotatable bonds is 5. The summed E-state index contributed by atoms with van der Waals surface area (Å²) < 4.78 is 4.22. The number of hydrogen-bond donors (Lipinski definition) is 2. The van der Waals surface area contributed by atoms with Gasteiger partial charge in [0.1, 0.15) is 5.00 Å². The molecule has 0 radical (unpaired) electrons. The molecule has 0 bridgehead atoms. The second-order valence-electron chi connectivity index (χ2n) is 5.47. The maximum atomic E-state index is 12.7. The summed E-state index contributed by atoms with van der Waals surface area (Å²) in [5.74, 6) is -0.566. The van der Waals surface area contributed by atoms with Gasteiger partial charge >= 0.3 is 0 Å². The predicted octanol–water partition coefficient (Wildman–Crippen LogP) is 4.68. The first-order chi connectivity index (χ1) is 12.6. The zero-order chi connectivity index (χ0) is 18.5. The average molecular weight is 383 g/mol. The number of anilines is 2. The van der Waals surface area contributed by atoms with Crippen molar-refractivity contribution in [2.24, 2.45) is 0 Å². The first kappa shape index (κ1) is 18.2. The van der Waals surface area contributed by atoms with E-state index in [4.69, 9.17) is 0 Å². The molecule has 1 aromatic heterocycles. The fourth-order valence-corrected chi connectivity index (χ4v) is 3.55. The Balaban J connectivity index is 1.78. The van der Waals surface area contributed by atoms with Gasteiger partial charge in [0.15, 0.2) is 0 Å². The molecule has 7 heteroatoms. The molecule has 26 heavy (non-hydrogen) atoms. The summed E-state index contributed by atoms with van der Waals surface area (Å²) in [6.45, 7) is 1.75. The number of aryl methyl sites for hydroxylation is 1. The molecule has 0 saturated heterocycles. The second kappa shape index (κ2) is 8.16. The fraction of sp³-hybridized carbons (Fsp3) is 0.105. The fourth-order valence-electron chi connectivity index (χ4n) is 2.36. The molecule has 5 nitrogen and oxygen atoms in total. The van der Waals surface area contributed by atoms with Crippen molar-refractivity contribution >= 4 is 45.8 Å². The molecule has 0 fully saturated rings. The van der Waals surface area contributed by atoms with E-state index in [2.05, 4.69) is 15.0 Å². The summed E-state index contributed by atoms with van der Waals surface area (Å²) in [4.78, 5) is 26.2. The van der Waals surface area contributed by atoms with E-state index in [-0.39, 0.29) is 11.8 Å². The van der Waals surface area contributed by atoms with Crippen molar-refractivity contribution in [1.82, 2.24) is 4.37 Å². The summed E-state index contributed by atoms with van der Waals surface area (Å²) in [7, 11) is 0. The van der Waals surface area contributed by atoms with E-state index in [9.17, 15) is 9.59 Å². The SMILES string of the molecule is CSc1ccc(NC(=O)c2c(C)nsc2NC(=O)c2ccccc2)cc1. The van der Waals surface area contributed by atoms with Crippen molar-refractivity contribution < 1.29 is 9.59 Å². The van der Waals surface area contributed by atoms with E-state index in [0.29, 0.717) is 27.5 Å². The maximum Gasteiger partial charge on any atom is 0.260 e. The Bertz CT molecular complexity index is 922. The topological polar surface area (TPSA) is 71.1 Å². The molecule has 0 aliphatic heterocycles. The van der Waals surface area contributed by atoms with Gasteiger partial charge in [0, 0.05) is 16.1 Å². The molecule has 132 valence electrons. The third-order valence-corrected chi connectivity index (χ3v) is 5.30. The lowest BCUT2D eigenvalue weighted by molar-refractivity contribution is 0.102. The molecule has 2 N–H and O–H groups in total. The van der Waals surface area contributed by atoms with Gasteiger partial charge in [-0.3, -0.25) is 9.59 Å². The first-order valence-electron chi connectivity index (χ1n) is 7.86. The second-order valence-corrected chi connectivity index (χ2v) is 7.13. The van der Waals surface area contributed by atoms with Crippen LogP contribution >= 0.6 is 23.3 Å². The van der Waals surface area contributed by atoms with Gasteiger partial charge in [0.25, 0.3) is 11.8 Å². The highest BCUT2D eigenvalue weighted by Gasteiger charge is 2.20. The molecule has 3 rings (SSSR count). The molecular formula is C19H17N3O2S2. The largest absolute Gasteiger partial charge is 0.322 e. The standard InChI is InChI=1S/C19H17N3O2S2/c1-12-16(18(24)20-14-8-10-15(25-2)11-9-14)19(26-22-12)21-17(23)13-6-4-3-5-7-13/h3-11H,1-2H3,(H,20,24)(H,21,23). The monoisotopic (exact) mass is 383 g/mol. The van der Waals surface area contributed by atoms with Crippen molar-refractivity contribution in [3.05, 3.63) is 71.4 Å². The number of benzene rings is 2. The molecule has 0 aliphatic carbocycles. The number of amides is 2. The van der Waals surface area contributed by atoms with E-state index < -0.39 is 0 Å². The Hall–Kier alpha value is -2.64. The van der Waals surface area contributed by atoms with Crippen LogP contribution in [0.3, 0.4) is 0 Å². The first-order valence-corrected chi connectivity index (χ1v) is 9.86. The average Bonchev–Trinajstić information content (AvgIpc) is 3.03. The zero-order valence-corrected chi connectivity index (χ0v) is 15.9. The van der Waals surface area contributed by atoms with Crippen LogP contribution in [-0.2, 0) is 0 Å². The maximum absolute atomic E-state index is 12.7. The number of carbonyl (C=O) groups is 2. The molecule has 0 spiro atoms. The molecule has 3 aromatic rings. The summed E-state index contributed by atoms with van der Waals surface area (Å²) in [6, 6.07) is 16.4. The van der Waals surface area contributed by atoms with Gasteiger partial charge in [0.2, 0.25) is 0 Å². The Morgan fingerprint density at radius 3 is 2.31 bits per heavy atom. The quantitative estimate of drug-likeness (QED) is 0.628. The van der Waals surface area contributed by atoms with Crippen LogP contribution in [-0.4, -0.2) is 22.4 Å². The van der Waals surface area contributed by atoms with Gasteiger partial charge in [0.05, 0.1) is 11.3 Å². The van der Waals surface area contributed by atoms with Crippen LogP contribution in [0.25, 0.3) is 0 Å². The van der Waals surface area contributed by atoms with Crippen LogP contribution in [0, 0.1) is 6.92 Å². The highest BCUT2D eigenvalue weighted by molar-refractivity contribution is 7.98. The molecule has 1 heterocycles. The minimum atomic E-state index is -0.295. The van der Waals surface area contributed by atoms with E-state index in [0.717, 1.165) is 16.4 Å². The minimum Gasteiger partial charge on any atom is -0.322 e. The van der Waals surface area contributed by atoms with Crippen molar-refractivity contribution in [1.29, 1.82) is 0 Å². The Labute approximate surface area is 160 Å². The highest BCUT2D eigenvalue weighted by Crippen LogP contribution is 2.26. The lowest BCUT2D eigenvalue weighted by Crippen LogP contribution is -2.17. The van der Waals surface area contributed by atoms with Crippen LogP contribution in [0.4, 0.5) is 10.7 Å². The van der Waals surface area contributed by atoms with Gasteiger partial charge in [-0.05, 0) is 61.1 Å². The number of nitrogens with zero attached hydrogens (tertiary/aromatic N) is 1. The molecule has 2 aromatic carbocycles. The summed E-state index contributed by atoms with van der Waals surface area (Å²) in [6.07, 6.45) is 2.00. The molecular weight excluding hydrogens is 366 g/mol. The van der Waals surface area contributed by atoms with Crippen LogP contribution < -0.4 is 10.6 Å². The zero-order valence-electron chi connectivity index (χ0n) is 14.3. The highest BCUT2D eigenvalue weighted by atomic mass is 32.2. The van der Waals surface area contributed by atoms with Crippen molar-refractivity contribution in [3.63, 3.8) is 0 Å². The van der Waals surface area contributed by atoms with Crippen LogP contribution in [0.15, 0.2) is 59.5 Å². The number of aromatic nitrogens is 1. The summed E-state index contributed by atoms with van der Waals surface area (Å²) in [5, 5.41) is 6.08. The Morgan fingerprint density at radius 1 is 0.962 bits per heavy atom. The van der Waals surface area contributed by atoms with Crippen LogP contribution in [0.1, 0.15) is 26.4 Å². The molecule has 0 atom stereocenters. The number of hydrogen-bond acceptors (Lipinski definition) is 5. The van der Waals surface area contributed by atoms with Crippen LogP contribution in [0.2, 0.25) is 0 Å². The van der Waals surface area contributed by atoms with Gasteiger partial charge < -0.3 is 10.6 Å². The summed E-state index contributed by atoms with van der Waals surface area (Å²) >= 11 is 2.73. The molecule has 2 amide bonds. The number of nitrogens with one attached hydrogen (secondary N) is 2. The van der Waals surface area contributed by atoms with Gasteiger partial charge in [-0.2, -0.15) is 4.37 Å². The van der Waals surface area contributed by atoms with Crippen LogP contribution in [0.5, 0.6) is 0 Å². The number of thioether (sulfide) groups is 1. The van der Waals surface area contributed by atoms with Gasteiger partial charge in [-0.1, -0.05) is 18.2 Å². The van der Waals surface area contributed by atoms with Gasteiger partial charge in [-0.15, -0.1) is 11.8 Å². The summed E-state index contributed by atoms with van der Waals surface area (Å²) in [5.41, 5.74) is 2.18. The van der Waals surface area contributed by atoms with E-state index in [1.807, 2.05) is 36.6 Å². The number of carbonyl (C=O) groups excluding carboxylic acids is 2. The lowest BCUT2D eigenvalue weighted by Gasteiger charge is -2.08. The van der Waals surface area contributed by atoms with E-state index in [1.54, 1.807) is 43.0 Å². The Morgan fingerprint density at radius 2 is 1.65 bits per heavy atom. The predicted molar refractivity (Wildman–Crippen MR) is 107 cm³/mol. The van der Waals surface area contributed by atoms with E-state index in [1.165, 1.54) is 0 Å². The third-order valence-electron chi connectivity index (χ3n) is 3.70. The molecule has 0 aliphatic rings. The molecule has 0 unspecified atom stereocenters. The van der Waals surface area contributed by atoms with Crippen molar-refractivity contribution in [2.45, 2.75) is 11.8 Å². The van der Waals surface area contributed by atoms with Crippen molar-refractivity contribution in [3.8, 4) is 0 Å². The normalized spacial score (nSPS) is 10.4. The van der Waals surface area contributed by atoms with E-state index >= 15 is 0 Å². The van der Waals surface area contributed by atoms with Gasteiger partial charge in [-0.25, -0.2) is 0 Å². The third kappa shape index (κ3) is 4.12.